The Balaban J connectivity index is 1.46. The molecule has 1 aliphatic heterocycles. The van der Waals surface area contributed by atoms with Crippen LogP contribution in [-0.2, 0) is 14.3 Å². The van der Waals surface area contributed by atoms with Crippen LogP contribution in [0.3, 0.4) is 0 Å². The molecule has 10 heteroatoms. The van der Waals surface area contributed by atoms with Crippen LogP contribution in [-0.4, -0.2) is 57.3 Å². The van der Waals surface area contributed by atoms with Gasteiger partial charge in [-0.3, -0.25) is 4.79 Å². The van der Waals surface area contributed by atoms with Crippen LogP contribution in [0.25, 0.3) is 0 Å². The van der Waals surface area contributed by atoms with Gasteiger partial charge in [-0.1, -0.05) is 74.0 Å². The molecule has 1 saturated heterocycles. The smallest absolute Gasteiger partial charge is 0.307 e. The van der Waals surface area contributed by atoms with Crippen LogP contribution in [0, 0.1) is 62.6 Å². The fourth-order valence-corrected chi connectivity index (χ4v) is 13.1. The summed E-state index contributed by atoms with van der Waals surface area (Å²) in [6.07, 6.45) is 8.07. The Labute approximate surface area is 305 Å². The van der Waals surface area contributed by atoms with Crippen molar-refractivity contribution in [3.05, 3.63) is 21.1 Å². The van der Waals surface area contributed by atoms with Gasteiger partial charge in [0, 0.05) is 16.4 Å². The standard InChI is InChI=1S/C38H60Br2N4O4/c1-21(2)23(5)33(6)15-16-35(8)24-11-12-27-34(7)18-47-20-38(27,25(24)13-14-36(35,9)28(33)30(45)46)17-26(44-32(40)42-31(39)43-44)29(34)48-19-37(10,41)22(3)4/h13,21-24,26-29H,11-12,14-20,41H2,1-10H3,(H,45,46)/t23-,24+,26-,27+,28-,29+,33-,34+,35-,36+,37+,38?/m1/s1. The van der Waals surface area contributed by atoms with E-state index in [4.69, 9.17) is 20.3 Å². The SMILES string of the molecule is CC(C)[C@@H](C)[C@@]1(C)CC[C@]2(C)[C@H]3CC[C@@H]4C5(COC[C@]4(C)[C@@H](OC[C@](C)(N)C(C)C)[C@H](n4nc(Br)nc4Br)C5)C3=CC[C@@]2(C)[C@@H]1C(=O)O. The van der Waals surface area contributed by atoms with Crippen molar-refractivity contribution >= 4 is 37.8 Å². The Hall–Kier alpha value is -0.810. The second-order valence-corrected chi connectivity index (χ2v) is 20.0. The van der Waals surface area contributed by atoms with E-state index in [9.17, 15) is 9.90 Å². The number of nitrogens with two attached hydrogens (primary N) is 1. The summed E-state index contributed by atoms with van der Waals surface area (Å²) in [7, 11) is 0. The molecule has 2 heterocycles. The number of rotatable bonds is 8. The number of hydrogen-bond donors (Lipinski definition) is 2. The van der Waals surface area contributed by atoms with E-state index in [1.165, 1.54) is 5.57 Å². The molecule has 1 unspecified atom stereocenters. The first-order valence-corrected chi connectivity index (χ1v) is 20.0. The Morgan fingerprint density at radius 3 is 2.40 bits per heavy atom. The Kier molecular flexibility index (Phi) is 9.34. The first-order valence-electron chi connectivity index (χ1n) is 18.4. The number of aliphatic carboxylic acids is 1. The van der Waals surface area contributed by atoms with Gasteiger partial charge in [0.15, 0.2) is 4.73 Å². The molecular weight excluding hydrogens is 736 g/mol. The predicted molar refractivity (Wildman–Crippen MR) is 195 cm³/mol. The molecule has 3 saturated carbocycles. The van der Waals surface area contributed by atoms with Crippen LogP contribution < -0.4 is 5.73 Å². The third-order valence-electron chi connectivity index (χ3n) is 15.9. The van der Waals surface area contributed by atoms with Gasteiger partial charge in [0.25, 0.3) is 0 Å². The van der Waals surface area contributed by atoms with Crippen LogP contribution in [0.5, 0.6) is 0 Å². The molecule has 2 bridgehead atoms. The zero-order valence-corrected chi connectivity index (χ0v) is 34.1. The van der Waals surface area contributed by atoms with Crippen molar-refractivity contribution in [3.8, 4) is 0 Å². The van der Waals surface area contributed by atoms with Gasteiger partial charge in [-0.25, -0.2) is 4.68 Å². The minimum absolute atomic E-state index is 0.0830. The topological polar surface area (TPSA) is 112 Å². The van der Waals surface area contributed by atoms with Crippen LogP contribution in [0.4, 0.5) is 0 Å². The summed E-state index contributed by atoms with van der Waals surface area (Å²) >= 11 is 7.27. The van der Waals surface area contributed by atoms with Gasteiger partial charge in [0.1, 0.15) is 0 Å². The van der Waals surface area contributed by atoms with Gasteiger partial charge < -0.3 is 20.3 Å². The van der Waals surface area contributed by atoms with E-state index in [0.717, 1.165) is 38.5 Å². The molecule has 4 aliphatic carbocycles. The van der Waals surface area contributed by atoms with E-state index in [2.05, 4.69) is 112 Å². The Bertz CT molecular complexity index is 1460. The van der Waals surface area contributed by atoms with Gasteiger partial charge >= 0.3 is 5.97 Å². The Morgan fingerprint density at radius 2 is 1.81 bits per heavy atom. The predicted octanol–water partition coefficient (Wildman–Crippen LogP) is 8.69. The molecular formula is C38H60Br2N4O4. The van der Waals surface area contributed by atoms with E-state index in [1.54, 1.807) is 0 Å². The lowest BCUT2D eigenvalue weighted by Gasteiger charge is -2.71. The fourth-order valence-electron chi connectivity index (χ4n) is 12.0. The van der Waals surface area contributed by atoms with Gasteiger partial charge in [-0.15, -0.1) is 5.10 Å². The van der Waals surface area contributed by atoms with Crippen molar-refractivity contribution in [3.63, 3.8) is 0 Å². The van der Waals surface area contributed by atoms with Crippen molar-refractivity contribution in [2.75, 3.05) is 19.8 Å². The molecule has 48 heavy (non-hydrogen) atoms. The lowest BCUT2D eigenvalue weighted by Crippen LogP contribution is -2.69. The van der Waals surface area contributed by atoms with E-state index < -0.39 is 17.4 Å². The third-order valence-corrected chi connectivity index (χ3v) is 16.7. The second kappa shape index (κ2) is 12.1. The van der Waals surface area contributed by atoms with Crippen LogP contribution in [0.1, 0.15) is 114 Å². The number of carboxylic acids is 1. The highest BCUT2D eigenvalue weighted by Crippen LogP contribution is 2.75. The van der Waals surface area contributed by atoms with E-state index in [1.807, 2.05) is 4.68 Å². The number of allylic oxidation sites excluding steroid dienone is 1. The summed E-state index contributed by atoms with van der Waals surface area (Å²) in [5.74, 6) is 0.640. The largest absolute Gasteiger partial charge is 0.481 e. The highest BCUT2D eigenvalue weighted by Gasteiger charge is 2.72. The number of carbonyl (C=O) groups is 1. The van der Waals surface area contributed by atoms with Crippen molar-refractivity contribution in [2.45, 2.75) is 125 Å². The Morgan fingerprint density at radius 1 is 1.12 bits per heavy atom. The minimum atomic E-state index is -0.622. The summed E-state index contributed by atoms with van der Waals surface area (Å²) < 4.78 is 17.0. The molecule has 0 aromatic carbocycles. The summed E-state index contributed by atoms with van der Waals surface area (Å²) in [5, 5.41) is 15.9. The number of ether oxygens (including phenoxy) is 2. The number of halogens is 2. The van der Waals surface area contributed by atoms with Crippen molar-refractivity contribution in [1.82, 2.24) is 14.8 Å². The first-order chi connectivity index (χ1) is 22.2. The summed E-state index contributed by atoms with van der Waals surface area (Å²) in [6, 6.07) is -0.0830. The number of nitrogens with zero attached hydrogens (tertiary/aromatic N) is 3. The maximum absolute atomic E-state index is 13.5. The molecule has 1 aromatic rings. The van der Waals surface area contributed by atoms with Gasteiger partial charge in [0.2, 0.25) is 4.73 Å². The number of hydrogen-bond acceptors (Lipinski definition) is 6. The van der Waals surface area contributed by atoms with Crippen LogP contribution in [0.15, 0.2) is 21.1 Å². The van der Waals surface area contributed by atoms with E-state index in [-0.39, 0.29) is 45.1 Å². The zero-order chi connectivity index (χ0) is 35.4. The normalized spacial score (nSPS) is 44.3. The average molecular weight is 797 g/mol. The van der Waals surface area contributed by atoms with Crippen molar-refractivity contribution < 1.29 is 19.4 Å². The molecule has 6 rings (SSSR count). The first kappa shape index (κ1) is 37.0. The van der Waals surface area contributed by atoms with Crippen LogP contribution in [0.2, 0.25) is 0 Å². The summed E-state index contributed by atoms with van der Waals surface area (Å²) in [5.41, 5.74) is 6.61. The van der Waals surface area contributed by atoms with Crippen LogP contribution >= 0.6 is 31.9 Å². The molecule has 270 valence electrons. The van der Waals surface area contributed by atoms with Gasteiger partial charge in [-0.05, 0) is 123 Å². The molecule has 8 nitrogen and oxygen atoms in total. The summed E-state index contributed by atoms with van der Waals surface area (Å²) in [4.78, 5) is 18.1. The average Bonchev–Trinajstić information content (AvgIpc) is 3.33. The summed E-state index contributed by atoms with van der Waals surface area (Å²) in [6.45, 7) is 24.4. The number of carboxylic acid groups (broad SMARTS) is 1. The molecule has 0 radical (unpaired) electrons. The van der Waals surface area contributed by atoms with Gasteiger partial charge in [-0.2, -0.15) is 4.98 Å². The van der Waals surface area contributed by atoms with Gasteiger partial charge in [0.05, 0.1) is 37.9 Å². The van der Waals surface area contributed by atoms with Crippen molar-refractivity contribution in [2.24, 2.45) is 68.3 Å². The molecule has 4 fully saturated rings. The number of aromatic nitrogens is 3. The number of fused-ring (bicyclic) bond motifs is 3. The highest BCUT2D eigenvalue weighted by molar-refractivity contribution is 9.11. The minimum Gasteiger partial charge on any atom is -0.481 e. The maximum atomic E-state index is 13.5. The molecule has 0 amide bonds. The molecule has 0 spiro atoms. The van der Waals surface area contributed by atoms with E-state index >= 15 is 0 Å². The molecule has 1 aromatic heterocycles. The molecule has 3 N–H and O–H groups in total. The van der Waals surface area contributed by atoms with Crippen molar-refractivity contribution in [1.29, 1.82) is 0 Å². The molecule has 5 aliphatic rings. The maximum Gasteiger partial charge on any atom is 0.307 e. The third kappa shape index (κ3) is 5.13. The quantitative estimate of drug-likeness (QED) is 0.253. The molecule has 12 atom stereocenters. The second-order valence-electron chi connectivity index (χ2n) is 18.6. The van der Waals surface area contributed by atoms with E-state index in [0.29, 0.717) is 53.0 Å². The lowest BCUT2D eigenvalue weighted by atomic mass is 9.34. The zero-order valence-electron chi connectivity index (χ0n) is 30.9. The monoisotopic (exact) mass is 794 g/mol. The fraction of sp³-hybridized carbons (Fsp3) is 0.868. The lowest BCUT2D eigenvalue weighted by molar-refractivity contribution is -0.253. The highest BCUT2D eigenvalue weighted by atomic mass is 79.9.